The lowest BCUT2D eigenvalue weighted by atomic mass is 9.80. The summed E-state index contributed by atoms with van der Waals surface area (Å²) in [5, 5.41) is 3.32. The van der Waals surface area contributed by atoms with Crippen molar-refractivity contribution in [2.24, 2.45) is 11.3 Å². The van der Waals surface area contributed by atoms with E-state index in [4.69, 9.17) is 4.42 Å². The highest BCUT2D eigenvalue weighted by molar-refractivity contribution is 5.78. The SMILES string of the molecule is CCCNCc1ccc(CN2CC(C(C)(C)C)CC2=O)o1. The van der Waals surface area contributed by atoms with E-state index >= 15 is 0 Å². The Morgan fingerprint density at radius 2 is 2.05 bits per heavy atom. The fourth-order valence-corrected chi connectivity index (χ4v) is 2.68. The summed E-state index contributed by atoms with van der Waals surface area (Å²) in [6.45, 7) is 12.0. The molecule has 1 aliphatic heterocycles. The first kappa shape index (κ1) is 16.1. The summed E-state index contributed by atoms with van der Waals surface area (Å²) in [6, 6.07) is 3.99. The Hall–Kier alpha value is -1.29. The third kappa shape index (κ3) is 4.34. The van der Waals surface area contributed by atoms with Gasteiger partial charge in [-0.2, -0.15) is 0 Å². The van der Waals surface area contributed by atoms with E-state index < -0.39 is 0 Å². The van der Waals surface area contributed by atoms with Crippen LogP contribution in [-0.4, -0.2) is 23.9 Å². The van der Waals surface area contributed by atoms with Crippen LogP contribution in [0, 0.1) is 11.3 Å². The average molecular weight is 292 g/mol. The molecule has 1 amide bonds. The lowest BCUT2D eigenvalue weighted by Gasteiger charge is -2.26. The first-order valence-electron chi connectivity index (χ1n) is 7.96. The fraction of sp³-hybridized carbons (Fsp3) is 0.706. The number of hydrogen-bond donors (Lipinski definition) is 1. The maximum atomic E-state index is 12.1. The number of carbonyl (C=O) groups excluding carboxylic acids is 1. The average Bonchev–Trinajstić information content (AvgIpc) is 2.98. The summed E-state index contributed by atoms with van der Waals surface area (Å²) in [5.74, 6) is 2.51. The molecular weight excluding hydrogens is 264 g/mol. The quantitative estimate of drug-likeness (QED) is 0.819. The van der Waals surface area contributed by atoms with Gasteiger partial charge < -0.3 is 14.6 Å². The second-order valence-corrected chi connectivity index (χ2v) is 7.09. The number of amides is 1. The van der Waals surface area contributed by atoms with Gasteiger partial charge in [-0.05, 0) is 36.4 Å². The largest absolute Gasteiger partial charge is 0.463 e. The van der Waals surface area contributed by atoms with Gasteiger partial charge in [0.2, 0.25) is 5.91 Å². The summed E-state index contributed by atoms with van der Waals surface area (Å²) in [4.78, 5) is 14.1. The maximum Gasteiger partial charge on any atom is 0.223 e. The first-order chi connectivity index (χ1) is 9.90. The fourth-order valence-electron chi connectivity index (χ4n) is 2.68. The molecule has 1 N–H and O–H groups in total. The number of nitrogens with zero attached hydrogens (tertiary/aromatic N) is 1. The molecule has 1 aromatic rings. The van der Waals surface area contributed by atoms with Crippen LogP contribution in [0.4, 0.5) is 0 Å². The molecule has 1 fully saturated rings. The highest BCUT2D eigenvalue weighted by atomic mass is 16.3. The molecule has 2 rings (SSSR count). The van der Waals surface area contributed by atoms with Crippen LogP contribution in [0.25, 0.3) is 0 Å². The molecule has 0 radical (unpaired) electrons. The smallest absolute Gasteiger partial charge is 0.223 e. The lowest BCUT2D eigenvalue weighted by molar-refractivity contribution is -0.128. The number of furan rings is 1. The second kappa shape index (κ2) is 6.65. The van der Waals surface area contributed by atoms with Gasteiger partial charge in [0.25, 0.3) is 0 Å². The summed E-state index contributed by atoms with van der Waals surface area (Å²) < 4.78 is 5.80. The Labute approximate surface area is 127 Å². The van der Waals surface area contributed by atoms with Crippen LogP contribution in [0.3, 0.4) is 0 Å². The van der Waals surface area contributed by atoms with Crippen molar-refractivity contribution in [3.63, 3.8) is 0 Å². The van der Waals surface area contributed by atoms with Crippen molar-refractivity contribution in [1.82, 2.24) is 10.2 Å². The minimum atomic E-state index is 0.183. The first-order valence-corrected chi connectivity index (χ1v) is 7.96. The zero-order valence-electron chi connectivity index (χ0n) is 13.7. The van der Waals surface area contributed by atoms with Crippen LogP contribution >= 0.6 is 0 Å². The van der Waals surface area contributed by atoms with Gasteiger partial charge in [0.1, 0.15) is 11.5 Å². The van der Waals surface area contributed by atoms with E-state index in [1.807, 2.05) is 17.0 Å². The van der Waals surface area contributed by atoms with Gasteiger partial charge in [0.15, 0.2) is 0 Å². The van der Waals surface area contributed by atoms with Gasteiger partial charge in [-0.3, -0.25) is 4.79 Å². The minimum absolute atomic E-state index is 0.183. The van der Waals surface area contributed by atoms with Gasteiger partial charge in [-0.15, -0.1) is 0 Å². The van der Waals surface area contributed by atoms with Crippen LogP contribution in [-0.2, 0) is 17.9 Å². The van der Waals surface area contributed by atoms with E-state index in [-0.39, 0.29) is 11.3 Å². The van der Waals surface area contributed by atoms with Crippen LogP contribution in [0.1, 0.15) is 52.1 Å². The third-order valence-electron chi connectivity index (χ3n) is 4.23. The Kier molecular flexibility index (Phi) is 5.09. The van der Waals surface area contributed by atoms with Crippen molar-refractivity contribution in [2.75, 3.05) is 13.1 Å². The van der Waals surface area contributed by atoms with Crippen molar-refractivity contribution in [2.45, 2.75) is 53.6 Å². The molecule has 21 heavy (non-hydrogen) atoms. The summed E-state index contributed by atoms with van der Waals surface area (Å²) in [5.41, 5.74) is 0.183. The zero-order valence-corrected chi connectivity index (χ0v) is 13.7. The van der Waals surface area contributed by atoms with Gasteiger partial charge in [0.05, 0.1) is 13.1 Å². The molecule has 1 unspecified atom stereocenters. The molecule has 0 spiro atoms. The van der Waals surface area contributed by atoms with Crippen molar-refractivity contribution in [3.8, 4) is 0 Å². The van der Waals surface area contributed by atoms with E-state index in [0.717, 1.165) is 37.6 Å². The van der Waals surface area contributed by atoms with Crippen LogP contribution in [0.2, 0.25) is 0 Å². The Bertz CT molecular complexity index is 473. The third-order valence-corrected chi connectivity index (χ3v) is 4.23. The molecule has 0 aliphatic carbocycles. The van der Waals surface area contributed by atoms with Crippen molar-refractivity contribution in [3.05, 3.63) is 23.7 Å². The molecule has 1 aromatic heterocycles. The minimum Gasteiger partial charge on any atom is -0.463 e. The normalized spacial score (nSPS) is 19.5. The Morgan fingerprint density at radius 1 is 1.33 bits per heavy atom. The lowest BCUT2D eigenvalue weighted by Crippen LogP contribution is -2.27. The van der Waals surface area contributed by atoms with E-state index in [2.05, 4.69) is 33.0 Å². The molecule has 1 aliphatic rings. The monoisotopic (exact) mass is 292 g/mol. The van der Waals surface area contributed by atoms with Gasteiger partial charge >= 0.3 is 0 Å². The predicted octanol–water partition coefficient (Wildman–Crippen LogP) is 3.17. The highest BCUT2D eigenvalue weighted by Crippen LogP contribution is 2.34. The summed E-state index contributed by atoms with van der Waals surface area (Å²) in [6.07, 6.45) is 1.78. The van der Waals surface area contributed by atoms with E-state index in [0.29, 0.717) is 18.9 Å². The second-order valence-electron chi connectivity index (χ2n) is 7.09. The maximum absolute atomic E-state index is 12.1. The molecule has 1 atom stereocenters. The molecule has 0 aromatic carbocycles. The Balaban J connectivity index is 1.89. The molecule has 0 saturated carbocycles. The van der Waals surface area contributed by atoms with Crippen molar-refractivity contribution < 1.29 is 9.21 Å². The van der Waals surface area contributed by atoms with Crippen molar-refractivity contribution >= 4 is 5.91 Å². The molecule has 4 nitrogen and oxygen atoms in total. The Morgan fingerprint density at radius 3 is 2.67 bits per heavy atom. The van der Waals surface area contributed by atoms with Gasteiger partial charge in [-0.25, -0.2) is 0 Å². The van der Waals surface area contributed by atoms with E-state index in [1.165, 1.54) is 0 Å². The molecule has 2 heterocycles. The zero-order chi connectivity index (χ0) is 15.5. The van der Waals surface area contributed by atoms with Gasteiger partial charge in [-0.1, -0.05) is 27.7 Å². The summed E-state index contributed by atoms with van der Waals surface area (Å²) >= 11 is 0. The number of rotatable bonds is 6. The van der Waals surface area contributed by atoms with E-state index in [1.54, 1.807) is 0 Å². The van der Waals surface area contributed by atoms with Crippen LogP contribution in [0.5, 0.6) is 0 Å². The van der Waals surface area contributed by atoms with Crippen LogP contribution < -0.4 is 5.32 Å². The molecule has 4 heteroatoms. The van der Waals surface area contributed by atoms with Gasteiger partial charge in [0, 0.05) is 13.0 Å². The topological polar surface area (TPSA) is 45.5 Å². The number of hydrogen-bond acceptors (Lipinski definition) is 3. The molecule has 1 saturated heterocycles. The van der Waals surface area contributed by atoms with Crippen LogP contribution in [0.15, 0.2) is 16.5 Å². The molecule has 118 valence electrons. The molecular formula is C17H28N2O2. The van der Waals surface area contributed by atoms with E-state index in [9.17, 15) is 4.79 Å². The highest BCUT2D eigenvalue weighted by Gasteiger charge is 2.36. The predicted molar refractivity (Wildman–Crippen MR) is 83.7 cm³/mol. The summed E-state index contributed by atoms with van der Waals surface area (Å²) in [7, 11) is 0. The molecule has 0 bridgehead atoms. The number of carbonyl (C=O) groups is 1. The number of likely N-dealkylation sites (tertiary alicyclic amines) is 1. The standard InChI is InChI=1S/C17H28N2O2/c1-5-8-18-10-14-6-7-15(21-14)12-19-11-13(9-16(19)20)17(2,3)4/h6-7,13,18H,5,8-12H2,1-4H3. The number of nitrogens with one attached hydrogen (secondary N) is 1. The van der Waals surface area contributed by atoms with Crippen molar-refractivity contribution in [1.29, 1.82) is 0 Å².